The number of halogens is 5. The summed E-state index contributed by atoms with van der Waals surface area (Å²) in [6.45, 7) is 0.111. The van der Waals surface area contributed by atoms with Crippen molar-refractivity contribution in [2.75, 3.05) is 101 Å². The number of nitrogens with one attached hydrogen (secondary N) is 5. The third kappa shape index (κ3) is 23.2. The second-order valence-electron chi connectivity index (χ2n) is 33.9. The second-order valence-corrected chi connectivity index (χ2v) is 34.7. The monoisotopic (exact) mass is 1610 g/mol. The Kier molecular flexibility index (Phi) is 36.5. The van der Waals surface area contributed by atoms with Crippen LogP contribution in [0.4, 0.5) is 27.6 Å². The number of rotatable bonds is 40. The number of likely N-dealkylation sites (N-methyl/N-ethyl adjacent to an activating group) is 2. The number of carbonyl (C=O) groups excluding carboxylic acids is 3. The molecule has 3 aromatic carbocycles. The molecule has 632 valence electrons. The van der Waals surface area contributed by atoms with Crippen LogP contribution in [0, 0.1) is 64.8 Å². The van der Waals surface area contributed by atoms with E-state index < -0.39 is 130 Å². The predicted octanol–water partition coefficient (Wildman–Crippen LogP) is 12.8. The first-order chi connectivity index (χ1) is 54.0. The fourth-order valence-electron chi connectivity index (χ4n) is 21.0. The van der Waals surface area contributed by atoms with E-state index in [1.807, 2.05) is 0 Å². The van der Waals surface area contributed by atoms with E-state index in [1.54, 1.807) is 80.5 Å². The zero-order chi connectivity index (χ0) is 80.5. The van der Waals surface area contributed by atoms with Gasteiger partial charge in [0.15, 0.2) is 11.6 Å². The molecule has 13 N–H and O–H groups in total. The zero-order valence-corrected chi connectivity index (χ0v) is 69.0. The van der Waals surface area contributed by atoms with E-state index in [4.69, 9.17) is 43.1 Å². The van der Waals surface area contributed by atoms with Gasteiger partial charge in [0.25, 0.3) is 0 Å². The van der Waals surface area contributed by atoms with Gasteiger partial charge in [0.05, 0.1) is 58.3 Å². The number of hydrogen-bond acceptors (Lipinski definition) is 15. The molecular weight excluding hydrogens is 1480 g/mol. The van der Waals surface area contributed by atoms with Gasteiger partial charge < -0.3 is 91.9 Å². The molecular formula is C86H136Cl2F3N9O12. The van der Waals surface area contributed by atoms with Crippen LogP contribution in [0.5, 0.6) is 0 Å². The average molecular weight is 1620 g/mol. The van der Waals surface area contributed by atoms with Crippen LogP contribution in [0.25, 0.3) is 0 Å². The Morgan fingerprint density at radius 3 is 1.41 bits per heavy atom. The van der Waals surface area contributed by atoms with Gasteiger partial charge in [-0.3, -0.25) is 0 Å². The summed E-state index contributed by atoms with van der Waals surface area (Å²) in [7, 11) is 8.14. The van der Waals surface area contributed by atoms with Gasteiger partial charge in [-0.2, -0.15) is 0 Å². The summed E-state index contributed by atoms with van der Waals surface area (Å²) in [5.41, 5.74) is -0.591. The van der Waals surface area contributed by atoms with Crippen LogP contribution in [0.2, 0.25) is 10.0 Å². The summed E-state index contributed by atoms with van der Waals surface area (Å²) in [4.78, 5) is 55.7. The van der Waals surface area contributed by atoms with Crippen LogP contribution in [-0.4, -0.2) is 213 Å². The Balaban J connectivity index is 1.43. The first-order valence-electron chi connectivity index (χ1n) is 42.5. The molecule has 6 amide bonds. The van der Waals surface area contributed by atoms with Gasteiger partial charge in [-0.1, -0.05) is 156 Å². The minimum atomic E-state index is -2.39. The molecule has 3 aliphatic heterocycles. The molecule has 112 heavy (non-hydrogen) atoms. The number of unbranched alkanes of at least 4 members (excludes halogenated alkanes) is 3. The molecule has 3 aromatic rings. The lowest BCUT2D eigenvalue weighted by atomic mass is 9.54. The Morgan fingerprint density at radius 2 is 0.946 bits per heavy atom. The maximum absolute atomic E-state index is 18.0. The predicted molar refractivity (Wildman–Crippen MR) is 432 cm³/mol. The van der Waals surface area contributed by atoms with Gasteiger partial charge in [0.1, 0.15) is 5.82 Å². The van der Waals surface area contributed by atoms with Crippen molar-refractivity contribution in [3.8, 4) is 0 Å². The summed E-state index contributed by atoms with van der Waals surface area (Å²) in [5, 5.41) is 98.1. The quantitative estimate of drug-likeness (QED) is 0.0236. The van der Waals surface area contributed by atoms with E-state index >= 15 is 32.7 Å². The van der Waals surface area contributed by atoms with Crippen molar-refractivity contribution < 1.29 is 72.4 Å². The number of likely N-dealkylation sites (tertiary alicyclic amines) is 3. The van der Waals surface area contributed by atoms with Crippen molar-refractivity contribution in [2.24, 2.45) is 53.1 Å². The van der Waals surface area contributed by atoms with Crippen LogP contribution < -0.4 is 32.3 Å². The lowest BCUT2D eigenvalue weighted by Gasteiger charge is -2.62. The van der Waals surface area contributed by atoms with E-state index in [-0.39, 0.29) is 162 Å². The zero-order valence-electron chi connectivity index (χ0n) is 67.4. The number of aliphatic hydroxyl groups excluding tert-OH is 3. The number of hydrogen-bond donors (Lipinski definition) is 12. The maximum Gasteiger partial charge on any atom is 0.317 e. The highest BCUT2D eigenvalue weighted by molar-refractivity contribution is 6.31. The second kappa shape index (κ2) is 44.8. The van der Waals surface area contributed by atoms with Crippen molar-refractivity contribution in [2.45, 2.75) is 264 Å². The lowest BCUT2D eigenvalue weighted by Crippen LogP contribution is -2.72. The first-order valence-corrected chi connectivity index (χ1v) is 43.3. The normalized spacial score (nSPS) is 25.2. The molecule has 26 heteroatoms. The van der Waals surface area contributed by atoms with Crippen molar-refractivity contribution in [3.05, 3.63) is 105 Å². The SMILES string of the molecule is CNC[C@@H](O)[C@H](CC1CCCCC1)NC(=O)N1CC([C@@](O)(CCCCOC)c2cccc(Cl)c2)[C@H](C2C([C@@](O)(CCCCOC)c3cccc(F)c3F)CCCN2C(=O)N[C@@H](CC2CCCCC2)[C@H](O)CNC)[C@@H]([C@@H]2C([C@@](O)(CCCCOC)c3cccc(Cl)c3F)CCCN2C(=O)N[C@@H](CC2CCCCC2)[C@H](O)CN)C1. The van der Waals surface area contributed by atoms with E-state index in [2.05, 4.69) is 26.6 Å². The fourth-order valence-corrected chi connectivity index (χ4v) is 21.3. The fraction of sp³-hybridized carbons (Fsp3) is 0.756. The van der Waals surface area contributed by atoms with E-state index in [1.165, 1.54) is 24.3 Å². The van der Waals surface area contributed by atoms with Crippen LogP contribution in [0.15, 0.2) is 60.7 Å². The Hall–Kier alpha value is -4.64. The van der Waals surface area contributed by atoms with Gasteiger partial charge >= 0.3 is 18.1 Å². The molecule has 6 aliphatic rings. The smallest absolute Gasteiger partial charge is 0.317 e. The van der Waals surface area contributed by atoms with Crippen molar-refractivity contribution in [1.82, 2.24) is 41.3 Å². The molecule has 0 spiro atoms. The number of ether oxygens (including phenoxy) is 3. The minimum Gasteiger partial charge on any atom is -0.390 e. The number of nitrogens with zero attached hydrogens (tertiary/aromatic N) is 3. The molecule has 3 heterocycles. The van der Waals surface area contributed by atoms with Crippen LogP contribution in [-0.2, 0) is 31.0 Å². The number of benzene rings is 3. The summed E-state index contributed by atoms with van der Waals surface area (Å²) in [6, 6.07) is 7.65. The van der Waals surface area contributed by atoms with Crippen LogP contribution >= 0.6 is 23.2 Å². The number of amides is 6. The topological polar surface area (TPSA) is 296 Å². The molecule has 3 aliphatic carbocycles. The molecule has 16 atom stereocenters. The van der Waals surface area contributed by atoms with Crippen molar-refractivity contribution >= 4 is 41.3 Å². The molecule has 21 nitrogen and oxygen atoms in total. The molecule has 0 bridgehead atoms. The number of urea groups is 3. The third-order valence-electron chi connectivity index (χ3n) is 26.6. The molecule has 0 aromatic heterocycles. The summed E-state index contributed by atoms with van der Waals surface area (Å²) >= 11 is 14.1. The minimum absolute atomic E-state index is 0.0164. The molecule has 3 saturated heterocycles. The molecule has 4 unspecified atom stereocenters. The number of nitrogens with two attached hydrogens (primary N) is 1. The summed E-state index contributed by atoms with van der Waals surface area (Å²) in [5.74, 6) is -9.56. The van der Waals surface area contributed by atoms with Gasteiger partial charge in [0.2, 0.25) is 0 Å². The maximum atomic E-state index is 18.0. The highest BCUT2D eigenvalue weighted by Gasteiger charge is 2.64. The number of methoxy groups -OCH3 is 3. The van der Waals surface area contributed by atoms with E-state index in [0.29, 0.717) is 50.5 Å². The number of carbonyl (C=O) groups is 3. The summed E-state index contributed by atoms with van der Waals surface area (Å²) < 4.78 is 69.5. The van der Waals surface area contributed by atoms with Crippen molar-refractivity contribution in [1.29, 1.82) is 0 Å². The summed E-state index contributed by atoms with van der Waals surface area (Å²) in [6.07, 6.45) is 14.1. The molecule has 9 rings (SSSR count). The third-order valence-corrected chi connectivity index (χ3v) is 27.1. The average Bonchev–Trinajstić information content (AvgIpc) is 0.712. The molecule has 3 saturated carbocycles. The lowest BCUT2D eigenvalue weighted by molar-refractivity contribution is -0.174. The van der Waals surface area contributed by atoms with E-state index in [0.717, 1.165) is 102 Å². The first kappa shape index (κ1) is 91.3. The van der Waals surface area contributed by atoms with E-state index in [9.17, 15) is 25.5 Å². The van der Waals surface area contributed by atoms with Crippen LogP contribution in [0.1, 0.15) is 216 Å². The van der Waals surface area contributed by atoms with Gasteiger partial charge in [-0.05, 0) is 170 Å². The van der Waals surface area contributed by atoms with Gasteiger partial charge in [0, 0.05) is 139 Å². The van der Waals surface area contributed by atoms with Crippen LogP contribution in [0.3, 0.4) is 0 Å². The standard InChI is InChI=1S/C86H136Cl2F3N9O12/c1-93-53-74(102)71(49-58-28-11-7-12-29-58)95-81(104)98-55-62(79-65(85(108,41-16-19-46-111-4)63-34-22-38-68(88)77(63)90)36-24-43-99(79)82(105)96-70(73(101)52-92)48-57-26-9-6-10-27-57)76(67(56-98)84(107,40-15-18-45-110-3)60-32-21-33-61(87)51-60)80-66(86(109,42-17-20-47-112-5)64-35-23-39-69(89)78(64)91)37-25-44-100(80)83(106)97-72(75(103)54-94-2)50-59-30-13-8-14-31-59/h21-23,32-35,38-39,51,57-59,62,65-67,70-76,79-80,93-94,101-103,107-109H,6-20,24-31,36-37,40-50,52-56,92H2,1-5H3,(H,95,104)(H,96,105)(H,97,106)/t62-,65?,66?,67?,70-,71-,72-,73+,74+,75+,76+,79+,80?,84+,85+,86+/m0/s1. The number of piperidine rings is 3. The Labute approximate surface area is 674 Å². The van der Waals surface area contributed by atoms with Gasteiger partial charge in [-0.25, -0.2) is 27.6 Å². The Morgan fingerprint density at radius 1 is 0.518 bits per heavy atom. The molecule has 0 radical (unpaired) electrons. The Bertz CT molecular complexity index is 3350. The highest BCUT2D eigenvalue weighted by atomic mass is 35.5. The molecule has 6 fully saturated rings. The van der Waals surface area contributed by atoms with Gasteiger partial charge in [-0.15, -0.1) is 0 Å². The van der Waals surface area contributed by atoms with Crippen molar-refractivity contribution in [3.63, 3.8) is 0 Å². The highest BCUT2D eigenvalue weighted by Crippen LogP contribution is 2.58. The number of aliphatic hydroxyl groups is 6. The largest absolute Gasteiger partial charge is 0.390 e.